The third-order valence-corrected chi connectivity index (χ3v) is 1.48. The summed E-state index contributed by atoms with van der Waals surface area (Å²) in [4.78, 5) is 6.15. The maximum atomic E-state index is 9.00. The average molecular weight is 142 g/mol. The second-order valence-corrected chi connectivity index (χ2v) is 2.72. The minimum atomic E-state index is -0.246. The molecule has 0 fully saturated rings. The number of aliphatic imine (C=N–C) groups is 1. The Labute approximate surface area is 61.4 Å². The molecule has 0 spiro atoms. The highest BCUT2D eigenvalue weighted by Crippen LogP contribution is 1.97. The number of β-amino-alcohol motifs (C(OH)–C–C–N with tert-alkyl or cyclic N) is 1. The van der Waals surface area contributed by atoms with E-state index >= 15 is 0 Å². The molecule has 0 radical (unpaired) electrons. The first-order valence-electron chi connectivity index (χ1n) is 3.71. The molecule has 0 saturated heterocycles. The third kappa shape index (κ3) is 2.35. The summed E-state index contributed by atoms with van der Waals surface area (Å²) in [6.07, 6.45) is 2.70. The molecular weight excluding hydrogens is 128 g/mol. The van der Waals surface area contributed by atoms with Gasteiger partial charge in [0.05, 0.1) is 12.4 Å². The predicted molar refractivity (Wildman–Crippen MR) is 41.2 cm³/mol. The Hall–Kier alpha value is -0.570. The van der Waals surface area contributed by atoms with Crippen LogP contribution in [0.15, 0.2) is 4.99 Å². The number of hydrogen-bond donors (Lipinski definition) is 1. The van der Waals surface area contributed by atoms with Gasteiger partial charge in [0.1, 0.15) is 0 Å². The van der Waals surface area contributed by atoms with Crippen molar-refractivity contribution in [3.05, 3.63) is 0 Å². The summed E-state index contributed by atoms with van der Waals surface area (Å²) in [6.45, 7) is 4.48. The highest BCUT2D eigenvalue weighted by Gasteiger charge is 2.05. The normalized spacial score (nSPS) is 21.2. The average Bonchev–Trinajstić information content (AvgIpc) is 1.88. The molecule has 0 aromatic rings. The molecule has 3 nitrogen and oxygen atoms in total. The molecule has 0 aromatic heterocycles. The van der Waals surface area contributed by atoms with E-state index in [-0.39, 0.29) is 6.10 Å². The molecule has 1 aliphatic rings. The molecule has 10 heavy (non-hydrogen) atoms. The lowest BCUT2D eigenvalue weighted by Gasteiger charge is -2.23. The number of nitrogens with zero attached hydrogens (tertiary/aromatic N) is 2. The smallest absolute Gasteiger partial charge is 0.0850 e. The van der Waals surface area contributed by atoms with Gasteiger partial charge >= 0.3 is 0 Å². The number of rotatable bonds is 2. The topological polar surface area (TPSA) is 35.8 Å². The van der Waals surface area contributed by atoms with Crippen LogP contribution in [0.25, 0.3) is 0 Å². The second-order valence-electron chi connectivity index (χ2n) is 2.72. The fraction of sp³-hybridized carbons (Fsp3) is 0.857. The van der Waals surface area contributed by atoms with Gasteiger partial charge in [-0.15, -0.1) is 0 Å². The standard InChI is InChI=1S/C7H14N2O/c1-7(10)5-9-4-2-3-8-6-9/h6-7,10H,2-5H2,1H3. The molecule has 1 aliphatic heterocycles. The fourth-order valence-corrected chi connectivity index (χ4v) is 1.07. The molecule has 0 amide bonds. The minimum Gasteiger partial charge on any atom is -0.392 e. The summed E-state index contributed by atoms with van der Waals surface area (Å²) in [5.41, 5.74) is 0. The summed E-state index contributed by atoms with van der Waals surface area (Å²) in [7, 11) is 0. The maximum absolute atomic E-state index is 9.00. The van der Waals surface area contributed by atoms with E-state index in [1.807, 2.05) is 11.2 Å². The Morgan fingerprint density at radius 2 is 2.60 bits per heavy atom. The summed E-state index contributed by atoms with van der Waals surface area (Å²) >= 11 is 0. The number of hydrogen-bond acceptors (Lipinski definition) is 3. The largest absolute Gasteiger partial charge is 0.392 e. The Morgan fingerprint density at radius 3 is 3.10 bits per heavy atom. The second kappa shape index (κ2) is 3.56. The van der Waals surface area contributed by atoms with E-state index in [1.165, 1.54) is 0 Å². The van der Waals surface area contributed by atoms with Crippen LogP contribution < -0.4 is 0 Å². The van der Waals surface area contributed by atoms with Gasteiger partial charge in [-0.25, -0.2) is 0 Å². The van der Waals surface area contributed by atoms with Crippen molar-refractivity contribution >= 4 is 6.34 Å². The van der Waals surface area contributed by atoms with E-state index in [0.29, 0.717) is 6.54 Å². The van der Waals surface area contributed by atoms with Crippen molar-refractivity contribution in [3.8, 4) is 0 Å². The van der Waals surface area contributed by atoms with Crippen LogP contribution in [0, 0.1) is 0 Å². The zero-order valence-corrected chi connectivity index (χ0v) is 6.32. The Kier molecular flexibility index (Phi) is 2.68. The van der Waals surface area contributed by atoms with E-state index < -0.39 is 0 Å². The predicted octanol–water partition coefficient (Wildman–Crippen LogP) is 0.101. The minimum absolute atomic E-state index is 0.246. The van der Waals surface area contributed by atoms with Gasteiger partial charge in [0.25, 0.3) is 0 Å². The van der Waals surface area contributed by atoms with E-state index in [2.05, 4.69) is 4.99 Å². The SMILES string of the molecule is CC(O)CN1C=NCCC1. The van der Waals surface area contributed by atoms with Crippen LogP contribution in [0.1, 0.15) is 13.3 Å². The molecule has 1 N–H and O–H groups in total. The van der Waals surface area contributed by atoms with Gasteiger partial charge in [-0.05, 0) is 13.3 Å². The van der Waals surface area contributed by atoms with Crippen LogP contribution in [-0.4, -0.2) is 42.1 Å². The molecule has 1 heterocycles. The van der Waals surface area contributed by atoms with E-state index in [1.54, 1.807) is 6.92 Å². The van der Waals surface area contributed by atoms with Crippen molar-refractivity contribution in [2.45, 2.75) is 19.4 Å². The summed E-state index contributed by atoms with van der Waals surface area (Å²) < 4.78 is 0. The van der Waals surface area contributed by atoms with Gasteiger partial charge in [-0.1, -0.05) is 0 Å². The molecule has 0 bridgehead atoms. The highest BCUT2D eigenvalue weighted by atomic mass is 16.3. The number of aliphatic hydroxyl groups excluding tert-OH is 1. The molecule has 0 aromatic carbocycles. The first kappa shape index (κ1) is 7.54. The van der Waals surface area contributed by atoms with E-state index in [4.69, 9.17) is 5.11 Å². The van der Waals surface area contributed by atoms with Crippen LogP contribution in [0.3, 0.4) is 0 Å². The zero-order chi connectivity index (χ0) is 7.40. The summed E-state index contributed by atoms with van der Waals surface area (Å²) in [5.74, 6) is 0. The Morgan fingerprint density at radius 1 is 1.80 bits per heavy atom. The van der Waals surface area contributed by atoms with Crippen molar-refractivity contribution in [1.29, 1.82) is 0 Å². The van der Waals surface area contributed by atoms with Crippen LogP contribution >= 0.6 is 0 Å². The fourth-order valence-electron chi connectivity index (χ4n) is 1.07. The Bertz CT molecular complexity index is 123. The lowest BCUT2D eigenvalue weighted by atomic mass is 10.3. The van der Waals surface area contributed by atoms with Crippen LogP contribution in [0.4, 0.5) is 0 Å². The van der Waals surface area contributed by atoms with Crippen molar-refractivity contribution in [3.63, 3.8) is 0 Å². The first-order valence-corrected chi connectivity index (χ1v) is 3.71. The third-order valence-electron chi connectivity index (χ3n) is 1.48. The molecule has 0 saturated carbocycles. The molecule has 1 rings (SSSR count). The van der Waals surface area contributed by atoms with Crippen molar-refractivity contribution in [1.82, 2.24) is 4.90 Å². The van der Waals surface area contributed by atoms with Gasteiger partial charge in [0.15, 0.2) is 0 Å². The van der Waals surface area contributed by atoms with Gasteiger partial charge in [-0.2, -0.15) is 0 Å². The van der Waals surface area contributed by atoms with E-state index in [0.717, 1.165) is 19.5 Å². The van der Waals surface area contributed by atoms with Crippen molar-refractivity contribution in [2.24, 2.45) is 4.99 Å². The summed E-state index contributed by atoms with van der Waals surface area (Å²) in [5, 5.41) is 9.00. The molecule has 0 aliphatic carbocycles. The zero-order valence-electron chi connectivity index (χ0n) is 6.32. The van der Waals surface area contributed by atoms with Crippen LogP contribution in [0.5, 0.6) is 0 Å². The lowest BCUT2D eigenvalue weighted by molar-refractivity contribution is 0.159. The van der Waals surface area contributed by atoms with Gasteiger partial charge in [-0.3, -0.25) is 4.99 Å². The number of aliphatic hydroxyl groups is 1. The molecule has 1 unspecified atom stereocenters. The Balaban J connectivity index is 2.26. The van der Waals surface area contributed by atoms with E-state index in [9.17, 15) is 0 Å². The van der Waals surface area contributed by atoms with Gasteiger partial charge in [0.2, 0.25) is 0 Å². The van der Waals surface area contributed by atoms with Crippen molar-refractivity contribution < 1.29 is 5.11 Å². The molecular formula is C7H14N2O. The van der Waals surface area contributed by atoms with Crippen LogP contribution in [0.2, 0.25) is 0 Å². The maximum Gasteiger partial charge on any atom is 0.0850 e. The quantitative estimate of drug-likeness (QED) is 0.593. The van der Waals surface area contributed by atoms with Gasteiger partial charge < -0.3 is 10.0 Å². The lowest BCUT2D eigenvalue weighted by Crippen LogP contribution is -2.33. The van der Waals surface area contributed by atoms with Crippen LogP contribution in [-0.2, 0) is 0 Å². The molecule has 1 atom stereocenters. The highest BCUT2D eigenvalue weighted by molar-refractivity contribution is 5.55. The first-order chi connectivity index (χ1) is 4.79. The van der Waals surface area contributed by atoms with Gasteiger partial charge in [0, 0.05) is 19.6 Å². The summed E-state index contributed by atoms with van der Waals surface area (Å²) in [6, 6.07) is 0. The molecule has 58 valence electrons. The van der Waals surface area contributed by atoms with Crippen molar-refractivity contribution in [2.75, 3.05) is 19.6 Å². The monoisotopic (exact) mass is 142 g/mol. The molecule has 3 heteroatoms.